The van der Waals surface area contributed by atoms with Gasteiger partial charge >= 0.3 is 0 Å². The Morgan fingerprint density at radius 1 is 1.12 bits per heavy atom. The van der Waals surface area contributed by atoms with Crippen molar-refractivity contribution in [2.45, 2.75) is 38.6 Å². The fourth-order valence-electron chi connectivity index (χ4n) is 3.27. The van der Waals surface area contributed by atoms with Crippen molar-refractivity contribution in [2.75, 3.05) is 19.0 Å². The van der Waals surface area contributed by atoms with Gasteiger partial charge in [0.1, 0.15) is 11.4 Å². The first-order valence-electron chi connectivity index (χ1n) is 8.95. The van der Waals surface area contributed by atoms with Crippen LogP contribution in [0.2, 0.25) is 0 Å². The average Bonchev–Trinajstić information content (AvgIpc) is 2.63. The molecule has 0 saturated heterocycles. The number of anilines is 1. The maximum absolute atomic E-state index is 12.7. The third-order valence-electron chi connectivity index (χ3n) is 4.82. The molecule has 0 unspecified atom stereocenters. The lowest BCUT2D eigenvalue weighted by Gasteiger charge is -2.27. The predicted molar refractivity (Wildman–Crippen MR) is 101 cm³/mol. The summed E-state index contributed by atoms with van der Waals surface area (Å²) in [6.45, 7) is 2.28. The lowest BCUT2D eigenvalue weighted by molar-refractivity contribution is 0.0923. The van der Waals surface area contributed by atoms with Crippen LogP contribution in [0.3, 0.4) is 0 Å². The smallest absolute Gasteiger partial charge is 0.256 e. The lowest BCUT2D eigenvalue weighted by Crippen LogP contribution is -2.38. The summed E-state index contributed by atoms with van der Waals surface area (Å²) in [5.41, 5.74) is 1.47. The van der Waals surface area contributed by atoms with Gasteiger partial charge in [-0.3, -0.25) is 4.79 Å². The minimum absolute atomic E-state index is 0.0807. The van der Waals surface area contributed by atoms with Crippen LogP contribution in [0.1, 0.15) is 43.0 Å². The van der Waals surface area contributed by atoms with Crippen LogP contribution in [0.5, 0.6) is 0 Å². The largest absolute Gasteiger partial charge is 0.362 e. The molecule has 3 rings (SSSR count). The number of nitrogens with zero attached hydrogens (tertiary/aromatic N) is 3. The Labute approximate surface area is 149 Å². The molecule has 1 heterocycles. The summed E-state index contributed by atoms with van der Waals surface area (Å²) in [7, 11) is 3.80. The van der Waals surface area contributed by atoms with Crippen molar-refractivity contribution in [1.29, 1.82) is 0 Å². The standard InChI is InChI=1S/C20H26N4O/c1-14-9-11-16(12-10-14)22-20(25)17-13-21-18(23-19(17)24(2)3)15-7-5-4-6-8-15/h4-8,13-14,16H,9-12H2,1-3H3,(H,22,25). The van der Waals surface area contributed by atoms with Gasteiger partial charge < -0.3 is 10.2 Å². The van der Waals surface area contributed by atoms with Crippen LogP contribution in [0.25, 0.3) is 11.4 Å². The van der Waals surface area contributed by atoms with Crippen LogP contribution in [0.4, 0.5) is 5.82 Å². The summed E-state index contributed by atoms with van der Waals surface area (Å²) in [5.74, 6) is 1.96. The number of aromatic nitrogens is 2. The zero-order chi connectivity index (χ0) is 17.8. The summed E-state index contributed by atoms with van der Waals surface area (Å²) in [5, 5.41) is 3.16. The molecule has 2 aromatic rings. The average molecular weight is 338 g/mol. The predicted octanol–water partition coefficient (Wildman–Crippen LogP) is 3.52. The molecule has 0 radical (unpaired) electrons. The van der Waals surface area contributed by atoms with Gasteiger partial charge in [-0.15, -0.1) is 0 Å². The van der Waals surface area contributed by atoms with E-state index in [0.29, 0.717) is 17.2 Å². The van der Waals surface area contributed by atoms with E-state index in [1.54, 1.807) is 6.20 Å². The normalized spacial score (nSPS) is 20.1. The molecule has 132 valence electrons. The van der Waals surface area contributed by atoms with Crippen molar-refractivity contribution < 1.29 is 4.79 Å². The highest BCUT2D eigenvalue weighted by Crippen LogP contribution is 2.25. The van der Waals surface area contributed by atoms with Crippen molar-refractivity contribution in [3.05, 3.63) is 42.1 Å². The maximum atomic E-state index is 12.7. The van der Waals surface area contributed by atoms with Crippen LogP contribution in [-0.4, -0.2) is 36.0 Å². The van der Waals surface area contributed by atoms with E-state index in [-0.39, 0.29) is 11.9 Å². The van der Waals surface area contributed by atoms with Crippen molar-refractivity contribution in [2.24, 2.45) is 5.92 Å². The maximum Gasteiger partial charge on any atom is 0.256 e. The van der Waals surface area contributed by atoms with E-state index in [1.165, 1.54) is 12.8 Å². The minimum Gasteiger partial charge on any atom is -0.362 e. The molecule has 0 atom stereocenters. The molecule has 1 saturated carbocycles. The van der Waals surface area contributed by atoms with E-state index < -0.39 is 0 Å². The molecule has 0 bridgehead atoms. The first kappa shape index (κ1) is 17.4. The number of benzene rings is 1. The number of hydrogen-bond donors (Lipinski definition) is 1. The number of carbonyl (C=O) groups excluding carboxylic acids is 1. The molecule has 1 fully saturated rings. The molecule has 1 aromatic heterocycles. The van der Waals surface area contributed by atoms with Gasteiger partial charge in [0.05, 0.1) is 0 Å². The second-order valence-corrected chi connectivity index (χ2v) is 7.12. The Hall–Kier alpha value is -2.43. The molecule has 1 aromatic carbocycles. The highest BCUT2D eigenvalue weighted by molar-refractivity contribution is 5.99. The molecule has 0 aliphatic heterocycles. The molecular weight excluding hydrogens is 312 g/mol. The Morgan fingerprint density at radius 3 is 2.44 bits per heavy atom. The van der Waals surface area contributed by atoms with Gasteiger partial charge in [-0.2, -0.15) is 0 Å². The molecule has 1 aliphatic carbocycles. The second kappa shape index (κ2) is 7.64. The molecule has 1 amide bonds. The van der Waals surface area contributed by atoms with Gasteiger partial charge in [-0.25, -0.2) is 9.97 Å². The molecule has 1 aliphatic rings. The first-order chi connectivity index (χ1) is 12.0. The Morgan fingerprint density at radius 2 is 1.80 bits per heavy atom. The fourth-order valence-corrected chi connectivity index (χ4v) is 3.27. The highest BCUT2D eigenvalue weighted by atomic mass is 16.1. The summed E-state index contributed by atoms with van der Waals surface area (Å²) in [6.07, 6.45) is 6.09. The third kappa shape index (κ3) is 4.16. The summed E-state index contributed by atoms with van der Waals surface area (Å²) in [6, 6.07) is 10.1. The van der Waals surface area contributed by atoms with Crippen LogP contribution in [0, 0.1) is 5.92 Å². The minimum atomic E-state index is -0.0807. The van der Waals surface area contributed by atoms with Crippen LogP contribution in [-0.2, 0) is 0 Å². The van der Waals surface area contributed by atoms with Gasteiger partial charge in [-0.05, 0) is 31.6 Å². The van der Waals surface area contributed by atoms with E-state index in [1.807, 2.05) is 49.3 Å². The Balaban J connectivity index is 1.82. The van der Waals surface area contributed by atoms with E-state index >= 15 is 0 Å². The third-order valence-corrected chi connectivity index (χ3v) is 4.82. The van der Waals surface area contributed by atoms with Crippen LogP contribution < -0.4 is 10.2 Å². The zero-order valence-electron chi connectivity index (χ0n) is 15.2. The molecular formula is C20H26N4O. The molecule has 0 spiro atoms. The molecule has 1 N–H and O–H groups in total. The number of rotatable bonds is 4. The quantitative estimate of drug-likeness (QED) is 0.927. The topological polar surface area (TPSA) is 58.1 Å². The molecule has 25 heavy (non-hydrogen) atoms. The zero-order valence-corrected chi connectivity index (χ0v) is 15.2. The van der Waals surface area contributed by atoms with Crippen molar-refractivity contribution in [3.63, 3.8) is 0 Å². The van der Waals surface area contributed by atoms with Crippen LogP contribution >= 0.6 is 0 Å². The van der Waals surface area contributed by atoms with E-state index in [0.717, 1.165) is 24.3 Å². The van der Waals surface area contributed by atoms with E-state index in [4.69, 9.17) is 0 Å². The first-order valence-corrected chi connectivity index (χ1v) is 8.95. The van der Waals surface area contributed by atoms with Crippen molar-refractivity contribution >= 4 is 11.7 Å². The highest BCUT2D eigenvalue weighted by Gasteiger charge is 2.23. The van der Waals surface area contributed by atoms with Gasteiger partial charge in [0, 0.05) is 31.9 Å². The van der Waals surface area contributed by atoms with Gasteiger partial charge in [0.15, 0.2) is 5.82 Å². The van der Waals surface area contributed by atoms with Gasteiger partial charge in [0.25, 0.3) is 5.91 Å². The summed E-state index contributed by atoms with van der Waals surface area (Å²) in [4.78, 5) is 23.7. The molecule has 5 nitrogen and oxygen atoms in total. The number of amides is 1. The number of carbonyl (C=O) groups is 1. The van der Waals surface area contributed by atoms with E-state index in [2.05, 4.69) is 22.2 Å². The number of hydrogen-bond acceptors (Lipinski definition) is 4. The summed E-state index contributed by atoms with van der Waals surface area (Å²) >= 11 is 0. The van der Waals surface area contributed by atoms with Crippen molar-refractivity contribution in [3.8, 4) is 11.4 Å². The van der Waals surface area contributed by atoms with Gasteiger partial charge in [-0.1, -0.05) is 37.3 Å². The fraction of sp³-hybridized carbons (Fsp3) is 0.450. The second-order valence-electron chi connectivity index (χ2n) is 7.12. The Kier molecular flexibility index (Phi) is 5.31. The summed E-state index contributed by atoms with van der Waals surface area (Å²) < 4.78 is 0. The van der Waals surface area contributed by atoms with Gasteiger partial charge in [0.2, 0.25) is 0 Å². The Bertz CT molecular complexity index is 722. The number of nitrogens with one attached hydrogen (secondary N) is 1. The monoisotopic (exact) mass is 338 g/mol. The van der Waals surface area contributed by atoms with Crippen molar-refractivity contribution in [1.82, 2.24) is 15.3 Å². The lowest BCUT2D eigenvalue weighted by atomic mass is 9.87. The SMILES string of the molecule is CC1CCC(NC(=O)c2cnc(-c3ccccc3)nc2N(C)C)CC1. The van der Waals surface area contributed by atoms with Crippen LogP contribution in [0.15, 0.2) is 36.5 Å². The van der Waals surface area contributed by atoms with E-state index in [9.17, 15) is 4.79 Å². The molecule has 5 heteroatoms.